The number of hydrogen-bond donors (Lipinski definition) is 2. The van der Waals surface area contributed by atoms with Crippen LogP contribution in [-0.2, 0) is 0 Å². The maximum atomic E-state index is 14.3. The molecular formula is C22H35FN4. The molecule has 5 heteroatoms. The predicted molar refractivity (Wildman–Crippen MR) is 120 cm³/mol. The molecule has 0 spiro atoms. The van der Waals surface area contributed by atoms with Gasteiger partial charge in [0.2, 0.25) is 0 Å². The van der Waals surface area contributed by atoms with Gasteiger partial charge >= 0.3 is 0 Å². The molecule has 0 aliphatic carbocycles. The van der Waals surface area contributed by atoms with Gasteiger partial charge in [0.25, 0.3) is 0 Å². The summed E-state index contributed by atoms with van der Waals surface area (Å²) < 4.78 is 14.3. The Morgan fingerprint density at radius 2 is 1.56 bits per heavy atom. The number of hydrogen-bond acceptors (Lipinski definition) is 4. The highest BCUT2D eigenvalue weighted by atomic mass is 19.1. The van der Waals surface area contributed by atoms with Gasteiger partial charge in [0, 0.05) is 29.8 Å². The molecule has 2 aromatic rings. The lowest BCUT2D eigenvalue weighted by molar-refractivity contribution is 0.624. The van der Waals surface area contributed by atoms with Crippen LogP contribution in [0.2, 0.25) is 0 Å². The molecule has 27 heavy (non-hydrogen) atoms. The number of pyridine rings is 1. The zero-order valence-corrected chi connectivity index (χ0v) is 17.8. The molecule has 1 aliphatic rings. The summed E-state index contributed by atoms with van der Waals surface area (Å²) >= 11 is 0. The maximum absolute atomic E-state index is 14.3. The SMILES string of the molecule is CC.CC.CC.CN.Nc1c(F)c(C2=CCC=NC=C2)nc2ccccc12. The van der Waals surface area contributed by atoms with Gasteiger partial charge in [0.15, 0.2) is 5.82 Å². The van der Waals surface area contributed by atoms with Gasteiger partial charge in [-0.05, 0) is 19.2 Å². The lowest BCUT2D eigenvalue weighted by Gasteiger charge is -2.09. The van der Waals surface area contributed by atoms with E-state index in [4.69, 9.17) is 5.73 Å². The standard InChI is InChI=1S/C15H12FN3.3C2H6.CH5N/c16-13-14(17)11-5-1-2-6-12(11)19-15(13)10-4-3-8-18-9-7-10;4*1-2/h1-2,4-9H,3H2,(H2,17,19);3*1-2H3;2H2,1H3. The number of nitrogens with zero attached hydrogens (tertiary/aromatic N) is 2. The third kappa shape index (κ3) is 7.71. The highest BCUT2D eigenvalue weighted by Crippen LogP contribution is 2.29. The molecule has 0 bridgehead atoms. The van der Waals surface area contributed by atoms with Crippen LogP contribution in [-0.4, -0.2) is 18.2 Å². The van der Waals surface area contributed by atoms with Crippen molar-refractivity contribution in [1.82, 2.24) is 4.98 Å². The summed E-state index contributed by atoms with van der Waals surface area (Å²) in [5.41, 5.74) is 12.2. The number of anilines is 1. The number of allylic oxidation sites excluding steroid dienone is 3. The average molecular weight is 375 g/mol. The molecular weight excluding hydrogens is 339 g/mol. The van der Waals surface area contributed by atoms with E-state index in [9.17, 15) is 4.39 Å². The fourth-order valence-electron chi connectivity index (χ4n) is 2.07. The van der Waals surface area contributed by atoms with Crippen molar-refractivity contribution in [3.63, 3.8) is 0 Å². The summed E-state index contributed by atoms with van der Waals surface area (Å²) in [5.74, 6) is -0.475. The van der Waals surface area contributed by atoms with Gasteiger partial charge in [-0.3, -0.25) is 4.99 Å². The van der Waals surface area contributed by atoms with Crippen molar-refractivity contribution in [2.24, 2.45) is 10.7 Å². The molecule has 0 atom stereocenters. The van der Waals surface area contributed by atoms with Crippen molar-refractivity contribution in [3.05, 3.63) is 54.1 Å². The molecule has 1 aromatic heterocycles. The van der Waals surface area contributed by atoms with E-state index < -0.39 is 5.82 Å². The minimum atomic E-state index is -0.475. The van der Waals surface area contributed by atoms with Crippen molar-refractivity contribution >= 4 is 28.4 Å². The monoisotopic (exact) mass is 374 g/mol. The van der Waals surface area contributed by atoms with Crippen LogP contribution in [0.4, 0.5) is 10.1 Å². The molecule has 2 heterocycles. The average Bonchev–Trinajstić information content (AvgIpc) is 3.06. The van der Waals surface area contributed by atoms with Crippen LogP contribution in [0.25, 0.3) is 16.5 Å². The van der Waals surface area contributed by atoms with Crippen molar-refractivity contribution < 1.29 is 4.39 Å². The Morgan fingerprint density at radius 1 is 0.963 bits per heavy atom. The fourth-order valence-corrected chi connectivity index (χ4v) is 2.07. The second-order valence-electron chi connectivity index (χ2n) is 4.25. The molecule has 0 saturated carbocycles. The van der Waals surface area contributed by atoms with E-state index in [1.165, 1.54) is 7.05 Å². The third-order valence-electron chi connectivity index (χ3n) is 3.03. The molecule has 0 unspecified atom stereocenters. The number of aromatic nitrogens is 1. The summed E-state index contributed by atoms with van der Waals surface area (Å²) in [6, 6.07) is 7.27. The van der Waals surface area contributed by atoms with Crippen molar-refractivity contribution in [3.8, 4) is 0 Å². The molecule has 3 rings (SSSR count). The Morgan fingerprint density at radius 3 is 2.19 bits per heavy atom. The summed E-state index contributed by atoms with van der Waals surface area (Å²) in [6.07, 6.45) is 7.66. The van der Waals surface area contributed by atoms with Gasteiger partial charge in [-0.1, -0.05) is 65.8 Å². The normalized spacial score (nSPS) is 11.1. The van der Waals surface area contributed by atoms with Crippen LogP contribution in [0.15, 0.2) is 47.6 Å². The Balaban J connectivity index is 0. The first-order chi connectivity index (χ1) is 13.3. The number of para-hydroxylation sites is 1. The zero-order valence-electron chi connectivity index (χ0n) is 17.8. The summed E-state index contributed by atoms with van der Waals surface area (Å²) in [7, 11) is 1.50. The molecule has 1 aliphatic heterocycles. The summed E-state index contributed by atoms with van der Waals surface area (Å²) in [5, 5.41) is 0.637. The summed E-state index contributed by atoms with van der Waals surface area (Å²) in [6.45, 7) is 12.0. The molecule has 1 aromatic carbocycles. The van der Waals surface area contributed by atoms with Crippen LogP contribution < -0.4 is 11.5 Å². The molecule has 150 valence electrons. The number of nitrogens with two attached hydrogens (primary N) is 2. The lowest BCUT2D eigenvalue weighted by atomic mass is 10.1. The van der Waals surface area contributed by atoms with Crippen LogP contribution in [0.5, 0.6) is 0 Å². The number of aliphatic imine (C=N–C) groups is 1. The highest BCUT2D eigenvalue weighted by molar-refractivity contribution is 5.93. The van der Waals surface area contributed by atoms with Gasteiger partial charge < -0.3 is 11.5 Å². The first-order valence-corrected chi connectivity index (χ1v) is 9.57. The predicted octanol–water partition coefficient (Wildman–Crippen LogP) is 5.98. The van der Waals surface area contributed by atoms with E-state index in [1.807, 2.05) is 65.8 Å². The third-order valence-corrected chi connectivity index (χ3v) is 3.03. The number of benzene rings is 1. The van der Waals surface area contributed by atoms with Crippen molar-refractivity contribution in [1.29, 1.82) is 0 Å². The molecule has 0 fully saturated rings. The Hall–Kier alpha value is -2.53. The molecule has 4 nitrogen and oxygen atoms in total. The van der Waals surface area contributed by atoms with Crippen LogP contribution in [0, 0.1) is 5.82 Å². The van der Waals surface area contributed by atoms with Gasteiger partial charge in [-0.25, -0.2) is 9.37 Å². The van der Waals surface area contributed by atoms with Gasteiger partial charge in [0.05, 0.1) is 11.2 Å². The second-order valence-corrected chi connectivity index (χ2v) is 4.25. The Kier molecular flexibility index (Phi) is 16.7. The molecule has 0 radical (unpaired) electrons. The minimum Gasteiger partial charge on any atom is -0.396 e. The molecule has 0 saturated heterocycles. The van der Waals surface area contributed by atoms with Crippen LogP contribution in [0.1, 0.15) is 53.7 Å². The minimum absolute atomic E-state index is 0.139. The van der Waals surface area contributed by atoms with E-state index in [2.05, 4.69) is 15.7 Å². The van der Waals surface area contributed by atoms with Crippen molar-refractivity contribution in [2.45, 2.75) is 48.0 Å². The lowest BCUT2D eigenvalue weighted by Crippen LogP contribution is -2.01. The maximum Gasteiger partial charge on any atom is 0.172 e. The number of rotatable bonds is 1. The van der Waals surface area contributed by atoms with E-state index in [0.29, 0.717) is 22.9 Å². The fraction of sp³-hybridized carbons (Fsp3) is 0.364. The van der Waals surface area contributed by atoms with E-state index in [0.717, 1.165) is 0 Å². The highest BCUT2D eigenvalue weighted by Gasteiger charge is 2.14. The van der Waals surface area contributed by atoms with Crippen LogP contribution >= 0.6 is 0 Å². The molecule has 0 amide bonds. The number of fused-ring (bicyclic) bond motifs is 1. The second kappa shape index (κ2) is 16.9. The summed E-state index contributed by atoms with van der Waals surface area (Å²) in [4.78, 5) is 8.39. The number of halogens is 1. The van der Waals surface area contributed by atoms with E-state index in [1.54, 1.807) is 24.6 Å². The van der Waals surface area contributed by atoms with Gasteiger partial charge in [-0.2, -0.15) is 0 Å². The number of nitrogen functional groups attached to an aromatic ring is 1. The Labute approximate surface area is 163 Å². The van der Waals surface area contributed by atoms with E-state index in [-0.39, 0.29) is 11.4 Å². The first-order valence-electron chi connectivity index (χ1n) is 9.57. The van der Waals surface area contributed by atoms with Crippen molar-refractivity contribution in [2.75, 3.05) is 12.8 Å². The quantitative estimate of drug-likeness (QED) is 0.644. The molecule has 4 N–H and O–H groups in total. The Bertz CT molecular complexity index is 734. The topological polar surface area (TPSA) is 77.3 Å². The smallest absolute Gasteiger partial charge is 0.172 e. The van der Waals surface area contributed by atoms with Crippen LogP contribution in [0.3, 0.4) is 0 Å². The zero-order chi connectivity index (χ0) is 21.2. The first kappa shape index (κ1) is 26.7. The largest absolute Gasteiger partial charge is 0.396 e. The van der Waals surface area contributed by atoms with E-state index >= 15 is 0 Å². The van der Waals surface area contributed by atoms with Gasteiger partial charge in [0.1, 0.15) is 5.69 Å². The van der Waals surface area contributed by atoms with Gasteiger partial charge in [-0.15, -0.1) is 0 Å².